The van der Waals surface area contributed by atoms with Gasteiger partial charge in [-0.15, -0.1) is 0 Å². The van der Waals surface area contributed by atoms with E-state index in [-0.39, 0.29) is 0 Å². The highest BCUT2D eigenvalue weighted by molar-refractivity contribution is 14.1. The largest absolute Gasteiger partial charge is 0.338 e. The van der Waals surface area contributed by atoms with E-state index in [9.17, 15) is 0 Å². The molecule has 3 rings (SSSR count). The minimum absolute atomic E-state index is 0.468. The summed E-state index contributed by atoms with van der Waals surface area (Å²) >= 11 is 8.11. The second-order valence-corrected chi connectivity index (χ2v) is 5.25. The summed E-state index contributed by atoms with van der Waals surface area (Å²) in [6.07, 6.45) is 1.67. The molecule has 2 heterocycles. The molecular formula is C12H7ClIN3. The first kappa shape index (κ1) is 11.0. The third-order valence-corrected chi connectivity index (χ3v) is 3.38. The average Bonchev–Trinajstić information content (AvgIpc) is 2.72. The summed E-state index contributed by atoms with van der Waals surface area (Å²) in [5.41, 5.74) is 2.78. The van der Waals surface area contributed by atoms with E-state index in [0.29, 0.717) is 5.15 Å². The molecule has 5 heteroatoms. The Labute approximate surface area is 116 Å². The van der Waals surface area contributed by atoms with Crippen LogP contribution in [0, 0.1) is 3.57 Å². The van der Waals surface area contributed by atoms with Crippen LogP contribution in [-0.2, 0) is 0 Å². The van der Waals surface area contributed by atoms with Crippen molar-refractivity contribution < 1.29 is 0 Å². The summed E-state index contributed by atoms with van der Waals surface area (Å²) in [7, 11) is 0. The Morgan fingerprint density at radius 1 is 1.18 bits per heavy atom. The quantitative estimate of drug-likeness (QED) is 0.531. The highest BCUT2D eigenvalue weighted by atomic mass is 127. The van der Waals surface area contributed by atoms with Crippen molar-refractivity contribution in [1.29, 1.82) is 0 Å². The van der Waals surface area contributed by atoms with Crippen LogP contribution in [0.3, 0.4) is 0 Å². The first-order valence-corrected chi connectivity index (χ1v) is 6.45. The van der Waals surface area contributed by atoms with Gasteiger partial charge in [-0.3, -0.25) is 0 Å². The summed E-state index contributed by atoms with van der Waals surface area (Å²) in [5.74, 6) is 0.834. The van der Waals surface area contributed by atoms with Gasteiger partial charge in [0.25, 0.3) is 0 Å². The predicted molar refractivity (Wildman–Crippen MR) is 77.1 cm³/mol. The first-order valence-electron chi connectivity index (χ1n) is 4.99. The summed E-state index contributed by atoms with van der Waals surface area (Å²) < 4.78 is 1.20. The molecule has 0 atom stereocenters. The van der Waals surface area contributed by atoms with Crippen molar-refractivity contribution in [2.24, 2.45) is 0 Å². The van der Waals surface area contributed by atoms with Crippen LogP contribution in [0.1, 0.15) is 0 Å². The lowest BCUT2D eigenvalue weighted by molar-refractivity contribution is 1.32. The Morgan fingerprint density at radius 3 is 2.71 bits per heavy atom. The number of aromatic amines is 1. The minimum Gasteiger partial charge on any atom is -0.338 e. The highest BCUT2D eigenvalue weighted by Gasteiger charge is 2.05. The van der Waals surface area contributed by atoms with Crippen molar-refractivity contribution >= 4 is 45.2 Å². The van der Waals surface area contributed by atoms with E-state index in [2.05, 4.69) is 37.5 Å². The van der Waals surface area contributed by atoms with Gasteiger partial charge in [-0.2, -0.15) is 0 Å². The molecule has 0 radical (unpaired) electrons. The molecule has 0 saturated carbocycles. The van der Waals surface area contributed by atoms with E-state index in [1.807, 2.05) is 24.3 Å². The topological polar surface area (TPSA) is 41.6 Å². The van der Waals surface area contributed by atoms with Crippen LogP contribution in [0.25, 0.3) is 22.4 Å². The zero-order valence-corrected chi connectivity index (χ0v) is 11.5. The highest BCUT2D eigenvalue weighted by Crippen LogP contribution is 2.22. The minimum atomic E-state index is 0.468. The molecular weight excluding hydrogens is 349 g/mol. The Balaban J connectivity index is 2.14. The van der Waals surface area contributed by atoms with Crippen molar-refractivity contribution in [3.8, 4) is 11.4 Å². The normalized spacial score (nSPS) is 10.9. The molecule has 3 nitrogen and oxygen atoms in total. The van der Waals surface area contributed by atoms with Crippen LogP contribution in [0.5, 0.6) is 0 Å². The smallest absolute Gasteiger partial charge is 0.138 e. The number of pyridine rings is 1. The maximum Gasteiger partial charge on any atom is 0.138 e. The number of hydrogen-bond donors (Lipinski definition) is 1. The Kier molecular flexibility index (Phi) is 2.76. The number of nitrogens with zero attached hydrogens (tertiary/aromatic N) is 2. The van der Waals surface area contributed by atoms with Gasteiger partial charge in [0.1, 0.15) is 16.5 Å². The molecule has 0 spiro atoms. The molecule has 2 aromatic heterocycles. The van der Waals surface area contributed by atoms with E-state index in [1.54, 1.807) is 12.3 Å². The van der Waals surface area contributed by atoms with Gasteiger partial charge in [0.2, 0.25) is 0 Å². The average molecular weight is 356 g/mol. The van der Waals surface area contributed by atoms with Crippen molar-refractivity contribution in [2.45, 2.75) is 0 Å². The number of aromatic nitrogens is 3. The summed E-state index contributed by atoms with van der Waals surface area (Å²) in [5, 5.41) is 0.468. The van der Waals surface area contributed by atoms with E-state index in [4.69, 9.17) is 11.6 Å². The molecule has 0 amide bonds. The fourth-order valence-electron chi connectivity index (χ4n) is 1.63. The maximum atomic E-state index is 5.83. The van der Waals surface area contributed by atoms with Gasteiger partial charge in [0, 0.05) is 15.2 Å². The van der Waals surface area contributed by atoms with Crippen molar-refractivity contribution in [3.63, 3.8) is 0 Å². The molecule has 0 aliphatic heterocycles. The lowest BCUT2D eigenvalue weighted by Crippen LogP contribution is -1.79. The van der Waals surface area contributed by atoms with Gasteiger partial charge >= 0.3 is 0 Å². The van der Waals surface area contributed by atoms with E-state index in [1.165, 1.54) is 3.57 Å². The fraction of sp³-hybridized carbons (Fsp3) is 0. The van der Waals surface area contributed by atoms with Crippen LogP contribution in [-0.4, -0.2) is 15.0 Å². The Morgan fingerprint density at radius 2 is 1.94 bits per heavy atom. The molecule has 3 aromatic rings. The van der Waals surface area contributed by atoms with Gasteiger partial charge in [0.15, 0.2) is 0 Å². The number of H-pyrrole nitrogens is 1. The second kappa shape index (κ2) is 4.27. The molecule has 1 N–H and O–H groups in total. The predicted octanol–water partition coefficient (Wildman–Crippen LogP) is 3.88. The third-order valence-electron chi connectivity index (χ3n) is 2.45. The SMILES string of the molecule is Clc1cc2[nH]c(-c3ccc(I)cc3)nc2cn1. The van der Waals surface area contributed by atoms with E-state index >= 15 is 0 Å². The number of imidazole rings is 1. The van der Waals surface area contributed by atoms with E-state index < -0.39 is 0 Å². The van der Waals surface area contributed by atoms with Crippen LogP contribution in [0.2, 0.25) is 5.15 Å². The van der Waals surface area contributed by atoms with Gasteiger partial charge in [-0.25, -0.2) is 9.97 Å². The lowest BCUT2D eigenvalue weighted by atomic mass is 10.2. The zero-order chi connectivity index (χ0) is 11.8. The monoisotopic (exact) mass is 355 g/mol. The summed E-state index contributed by atoms with van der Waals surface area (Å²) in [6, 6.07) is 9.95. The third kappa shape index (κ3) is 2.14. The molecule has 0 bridgehead atoms. The van der Waals surface area contributed by atoms with Gasteiger partial charge in [0.05, 0.1) is 11.7 Å². The number of nitrogens with one attached hydrogen (secondary N) is 1. The van der Waals surface area contributed by atoms with Crippen LogP contribution in [0.15, 0.2) is 36.5 Å². The molecule has 0 unspecified atom stereocenters. The molecule has 1 aromatic carbocycles. The molecule has 84 valence electrons. The van der Waals surface area contributed by atoms with Gasteiger partial charge in [-0.1, -0.05) is 23.7 Å². The Bertz CT molecular complexity index is 676. The zero-order valence-electron chi connectivity index (χ0n) is 8.61. The van der Waals surface area contributed by atoms with E-state index in [0.717, 1.165) is 22.4 Å². The number of fused-ring (bicyclic) bond motifs is 1. The van der Waals surface area contributed by atoms with Crippen molar-refractivity contribution in [1.82, 2.24) is 15.0 Å². The van der Waals surface area contributed by atoms with Crippen molar-refractivity contribution in [3.05, 3.63) is 45.3 Å². The molecule has 0 saturated heterocycles. The fourth-order valence-corrected chi connectivity index (χ4v) is 2.15. The number of benzene rings is 1. The number of halogens is 2. The van der Waals surface area contributed by atoms with Crippen LogP contribution < -0.4 is 0 Å². The maximum absolute atomic E-state index is 5.83. The number of hydrogen-bond acceptors (Lipinski definition) is 2. The summed E-state index contributed by atoms with van der Waals surface area (Å²) in [6.45, 7) is 0. The lowest BCUT2D eigenvalue weighted by Gasteiger charge is -1.95. The number of rotatable bonds is 1. The summed E-state index contributed by atoms with van der Waals surface area (Å²) in [4.78, 5) is 11.7. The van der Waals surface area contributed by atoms with Crippen LogP contribution in [0.4, 0.5) is 0 Å². The molecule has 0 aliphatic rings. The van der Waals surface area contributed by atoms with Gasteiger partial charge in [-0.05, 0) is 34.7 Å². The molecule has 17 heavy (non-hydrogen) atoms. The van der Waals surface area contributed by atoms with Gasteiger partial charge < -0.3 is 4.98 Å². The standard InChI is InChI=1S/C12H7ClIN3/c13-11-5-9-10(6-15-11)17-12(16-9)7-1-3-8(14)4-2-7/h1-6H,(H,16,17). The molecule has 0 aliphatic carbocycles. The molecule has 0 fully saturated rings. The van der Waals surface area contributed by atoms with Crippen LogP contribution >= 0.6 is 34.2 Å². The Hall–Kier alpha value is -1.14. The second-order valence-electron chi connectivity index (χ2n) is 3.62. The van der Waals surface area contributed by atoms with Crippen molar-refractivity contribution in [2.75, 3.05) is 0 Å². The first-order chi connectivity index (χ1) is 8.22.